The van der Waals surface area contributed by atoms with Gasteiger partial charge in [0.1, 0.15) is 5.60 Å². The Hall–Kier alpha value is -2.07. The fraction of sp³-hybridized carbons (Fsp3) is 0.850. The van der Waals surface area contributed by atoms with Crippen LogP contribution in [0, 0.1) is 0 Å². The number of piperidine rings is 1. The van der Waals surface area contributed by atoms with Crippen LogP contribution in [0.3, 0.4) is 0 Å². The number of amides is 2. The first-order valence-corrected chi connectivity index (χ1v) is 10.5. The van der Waals surface area contributed by atoms with Crippen molar-refractivity contribution in [3.05, 3.63) is 0 Å². The van der Waals surface area contributed by atoms with E-state index in [1.165, 1.54) is 0 Å². The van der Waals surface area contributed by atoms with Gasteiger partial charge in [0, 0.05) is 46.9 Å². The molecule has 1 heterocycles. The average molecular weight is 430 g/mol. The van der Waals surface area contributed by atoms with Gasteiger partial charge in [-0.15, -0.1) is 0 Å². The van der Waals surface area contributed by atoms with Crippen LogP contribution in [0.15, 0.2) is 4.99 Å². The molecule has 2 amide bonds. The highest BCUT2D eigenvalue weighted by Crippen LogP contribution is 2.14. The number of likely N-dealkylation sites (tertiary alicyclic amines) is 1. The van der Waals surface area contributed by atoms with Crippen molar-refractivity contribution in [1.29, 1.82) is 0 Å². The Labute approximate surface area is 180 Å². The normalized spacial score (nSPS) is 15.6. The zero-order valence-corrected chi connectivity index (χ0v) is 19.1. The molecule has 3 N–H and O–H groups in total. The van der Waals surface area contributed by atoms with Gasteiger partial charge in [0.05, 0.1) is 19.3 Å². The van der Waals surface area contributed by atoms with Crippen molar-refractivity contribution < 1.29 is 23.8 Å². The van der Waals surface area contributed by atoms with Gasteiger partial charge < -0.3 is 35.1 Å². The summed E-state index contributed by atoms with van der Waals surface area (Å²) >= 11 is 0. The number of rotatable bonds is 10. The quantitative estimate of drug-likeness (QED) is 0.266. The van der Waals surface area contributed by atoms with Crippen LogP contribution >= 0.6 is 0 Å². The highest BCUT2D eigenvalue weighted by Gasteiger charge is 2.22. The third-order valence-electron chi connectivity index (χ3n) is 4.33. The predicted molar refractivity (Wildman–Crippen MR) is 116 cm³/mol. The number of hydrogen-bond donors (Lipinski definition) is 3. The summed E-state index contributed by atoms with van der Waals surface area (Å²) in [6.45, 7) is 9.41. The van der Waals surface area contributed by atoms with Crippen LogP contribution in [-0.2, 0) is 19.0 Å². The fourth-order valence-corrected chi connectivity index (χ4v) is 2.91. The summed E-state index contributed by atoms with van der Waals surface area (Å²) in [5.74, 6) is 0.628. The molecule has 10 nitrogen and oxygen atoms in total. The van der Waals surface area contributed by atoms with E-state index in [2.05, 4.69) is 25.8 Å². The van der Waals surface area contributed by atoms with Crippen LogP contribution in [0.4, 0.5) is 4.79 Å². The summed E-state index contributed by atoms with van der Waals surface area (Å²) < 4.78 is 16.0. The number of hydrogen-bond acceptors (Lipinski definition) is 6. The third-order valence-corrected chi connectivity index (χ3v) is 4.33. The number of ether oxygens (including phenoxy) is 3. The number of carbonyl (C=O) groups is 2. The van der Waals surface area contributed by atoms with E-state index in [1.807, 2.05) is 20.8 Å². The van der Waals surface area contributed by atoms with E-state index < -0.39 is 11.7 Å². The number of guanidine groups is 1. The summed E-state index contributed by atoms with van der Waals surface area (Å²) in [5.41, 5.74) is -0.488. The number of methoxy groups -OCH3 is 1. The molecule has 1 aliphatic heterocycles. The van der Waals surface area contributed by atoms with Gasteiger partial charge in [0.15, 0.2) is 5.96 Å². The minimum atomic E-state index is -0.488. The molecule has 0 spiro atoms. The van der Waals surface area contributed by atoms with Crippen LogP contribution in [-0.4, -0.2) is 94.7 Å². The molecule has 0 aromatic heterocycles. The van der Waals surface area contributed by atoms with Gasteiger partial charge in [-0.3, -0.25) is 9.79 Å². The zero-order valence-electron chi connectivity index (χ0n) is 19.1. The van der Waals surface area contributed by atoms with Gasteiger partial charge in [0.25, 0.3) is 0 Å². The SMILES string of the molecule is CN=C(NCC(=O)NCCOC)N1CCC(OCCCNC(=O)OC(C)(C)C)CC1. The van der Waals surface area contributed by atoms with Gasteiger partial charge in [-0.2, -0.15) is 0 Å². The van der Waals surface area contributed by atoms with Crippen molar-refractivity contribution in [1.82, 2.24) is 20.9 Å². The van der Waals surface area contributed by atoms with E-state index in [0.29, 0.717) is 26.3 Å². The van der Waals surface area contributed by atoms with E-state index in [1.54, 1.807) is 14.2 Å². The first-order valence-electron chi connectivity index (χ1n) is 10.5. The number of alkyl carbamates (subject to hydrolysis) is 1. The molecule has 0 aromatic carbocycles. The predicted octanol–water partition coefficient (Wildman–Crippen LogP) is 0.720. The number of nitrogens with one attached hydrogen (secondary N) is 3. The molecule has 0 atom stereocenters. The summed E-state index contributed by atoms with van der Waals surface area (Å²) in [4.78, 5) is 29.8. The Morgan fingerprint density at radius 3 is 2.37 bits per heavy atom. The minimum absolute atomic E-state index is 0.0913. The van der Waals surface area contributed by atoms with Gasteiger partial charge >= 0.3 is 6.09 Å². The topological polar surface area (TPSA) is 114 Å². The zero-order chi connectivity index (χ0) is 22.4. The van der Waals surface area contributed by atoms with Crippen molar-refractivity contribution in [2.45, 2.75) is 51.7 Å². The third kappa shape index (κ3) is 11.8. The summed E-state index contributed by atoms with van der Waals surface area (Å²) in [7, 11) is 3.31. The maximum absolute atomic E-state index is 11.8. The minimum Gasteiger partial charge on any atom is -0.444 e. The fourth-order valence-electron chi connectivity index (χ4n) is 2.91. The van der Waals surface area contributed by atoms with Gasteiger partial charge in [-0.05, 0) is 40.0 Å². The van der Waals surface area contributed by atoms with Crippen LogP contribution in [0.25, 0.3) is 0 Å². The largest absolute Gasteiger partial charge is 0.444 e. The molecular weight excluding hydrogens is 390 g/mol. The first-order chi connectivity index (χ1) is 14.2. The molecule has 0 aliphatic carbocycles. The van der Waals surface area contributed by atoms with Crippen LogP contribution < -0.4 is 16.0 Å². The molecule has 30 heavy (non-hydrogen) atoms. The smallest absolute Gasteiger partial charge is 0.407 e. The molecule has 174 valence electrons. The maximum Gasteiger partial charge on any atom is 0.407 e. The lowest BCUT2D eigenvalue weighted by Crippen LogP contribution is -2.49. The van der Waals surface area contributed by atoms with Gasteiger partial charge in [-0.25, -0.2) is 4.79 Å². The van der Waals surface area contributed by atoms with Gasteiger partial charge in [0.2, 0.25) is 5.91 Å². The monoisotopic (exact) mass is 429 g/mol. The number of aliphatic imine (C=N–C) groups is 1. The Morgan fingerprint density at radius 1 is 1.07 bits per heavy atom. The molecule has 0 unspecified atom stereocenters. The lowest BCUT2D eigenvalue weighted by molar-refractivity contribution is -0.120. The second kappa shape index (κ2) is 14.0. The Balaban J connectivity index is 2.16. The molecular formula is C20H39N5O5. The molecule has 10 heteroatoms. The molecule has 1 aliphatic rings. The van der Waals surface area contributed by atoms with Crippen molar-refractivity contribution in [3.63, 3.8) is 0 Å². The van der Waals surface area contributed by atoms with E-state index >= 15 is 0 Å². The number of nitrogens with zero attached hydrogens (tertiary/aromatic N) is 2. The Morgan fingerprint density at radius 2 is 1.77 bits per heavy atom. The van der Waals surface area contributed by atoms with Crippen molar-refractivity contribution in [2.75, 3.05) is 60.1 Å². The second-order valence-electron chi connectivity index (χ2n) is 8.08. The number of carbonyl (C=O) groups excluding carboxylic acids is 2. The van der Waals surface area contributed by atoms with Crippen LogP contribution in [0.1, 0.15) is 40.0 Å². The Bertz CT molecular complexity index is 542. The van der Waals surface area contributed by atoms with Crippen molar-refractivity contribution in [3.8, 4) is 0 Å². The van der Waals surface area contributed by atoms with E-state index in [-0.39, 0.29) is 18.6 Å². The van der Waals surface area contributed by atoms with Gasteiger partial charge in [-0.1, -0.05) is 0 Å². The average Bonchev–Trinajstić information content (AvgIpc) is 2.68. The molecule has 0 radical (unpaired) electrons. The lowest BCUT2D eigenvalue weighted by Gasteiger charge is -2.34. The lowest BCUT2D eigenvalue weighted by atomic mass is 10.1. The molecule has 1 rings (SSSR count). The maximum atomic E-state index is 11.8. The first kappa shape index (κ1) is 26.0. The highest BCUT2D eigenvalue weighted by atomic mass is 16.6. The van der Waals surface area contributed by atoms with E-state index in [4.69, 9.17) is 14.2 Å². The molecule has 0 saturated carbocycles. The van der Waals surface area contributed by atoms with Crippen LogP contribution in [0.5, 0.6) is 0 Å². The Kier molecular flexibility index (Phi) is 12.1. The molecule has 0 bridgehead atoms. The summed E-state index contributed by atoms with van der Waals surface area (Å²) in [5, 5.41) is 8.60. The molecule has 1 saturated heterocycles. The van der Waals surface area contributed by atoms with Crippen molar-refractivity contribution >= 4 is 18.0 Å². The highest BCUT2D eigenvalue weighted by molar-refractivity contribution is 5.86. The standard InChI is InChI=1S/C20H39N5O5/c1-20(2,3)30-19(27)23-9-6-13-29-16-7-11-25(12-8-16)18(21-4)24-15-17(26)22-10-14-28-5/h16H,6-15H2,1-5H3,(H,21,24)(H,22,26)(H,23,27). The molecule has 0 aromatic rings. The second-order valence-corrected chi connectivity index (χ2v) is 8.08. The summed E-state index contributed by atoms with van der Waals surface area (Å²) in [6.07, 6.45) is 2.31. The van der Waals surface area contributed by atoms with Crippen LogP contribution in [0.2, 0.25) is 0 Å². The van der Waals surface area contributed by atoms with E-state index in [9.17, 15) is 9.59 Å². The molecule has 1 fully saturated rings. The van der Waals surface area contributed by atoms with E-state index in [0.717, 1.165) is 38.3 Å². The summed E-state index contributed by atoms with van der Waals surface area (Å²) in [6, 6.07) is 0. The van der Waals surface area contributed by atoms with Crippen molar-refractivity contribution in [2.24, 2.45) is 4.99 Å².